The molecule has 1 aliphatic rings. The minimum Gasteiger partial charge on any atom is -0.497 e. The molecule has 1 fully saturated rings. The molecule has 3 heteroatoms. The topological polar surface area (TPSA) is 18.1 Å². The number of nitrogens with one attached hydrogen (secondary N) is 2. The average molecular weight is 312 g/mol. The van der Waals surface area contributed by atoms with Crippen molar-refractivity contribution in [3.05, 3.63) is 65.2 Å². The predicted octanol–water partition coefficient (Wildman–Crippen LogP) is 0.487. The smallest absolute Gasteiger partial charge is 0.127 e. The van der Waals surface area contributed by atoms with Crippen molar-refractivity contribution in [3.8, 4) is 5.75 Å². The van der Waals surface area contributed by atoms with E-state index in [1.807, 2.05) is 0 Å². The lowest BCUT2D eigenvalue weighted by molar-refractivity contribution is -1.02. The van der Waals surface area contributed by atoms with Crippen LogP contribution in [0.4, 0.5) is 0 Å². The lowest BCUT2D eigenvalue weighted by Gasteiger charge is -2.29. The van der Waals surface area contributed by atoms with Crippen molar-refractivity contribution in [2.24, 2.45) is 0 Å². The summed E-state index contributed by atoms with van der Waals surface area (Å²) < 4.78 is 5.23. The van der Waals surface area contributed by atoms with Gasteiger partial charge in [-0.1, -0.05) is 29.8 Å². The van der Waals surface area contributed by atoms with Crippen molar-refractivity contribution in [3.63, 3.8) is 0 Å². The fraction of sp³-hybridized carbons (Fsp3) is 0.400. The molecule has 23 heavy (non-hydrogen) atoms. The van der Waals surface area contributed by atoms with Crippen LogP contribution in [-0.2, 0) is 13.1 Å². The van der Waals surface area contributed by atoms with E-state index in [1.54, 1.807) is 16.9 Å². The summed E-state index contributed by atoms with van der Waals surface area (Å²) in [4.78, 5) is 3.41. The van der Waals surface area contributed by atoms with Gasteiger partial charge in [0.15, 0.2) is 0 Å². The minimum absolute atomic E-state index is 0.941. The summed E-state index contributed by atoms with van der Waals surface area (Å²) in [5.41, 5.74) is 4.21. The number of aryl methyl sites for hydroxylation is 1. The molecule has 1 saturated heterocycles. The Hall–Kier alpha value is -1.84. The molecule has 1 aliphatic heterocycles. The summed E-state index contributed by atoms with van der Waals surface area (Å²) in [5, 5.41) is 0. The second kappa shape index (κ2) is 7.62. The average Bonchev–Trinajstić information content (AvgIpc) is 2.59. The van der Waals surface area contributed by atoms with Gasteiger partial charge in [0.1, 0.15) is 45.0 Å². The molecule has 0 aliphatic carbocycles. The van der Waals surface area contributed by atoms with E-state index in [4.69, 9.17) is 4.74 Å². The summed E-state index contributed by atoms with van der Waals surface area (Å²) in [5.74, 6) is 0.941. The molecule has 3 nitrogen and oxygen atoms in total. The summed E-state index contributed by atoms with van der Waals surface area (Å²) >= 11 is 0. The van der Waals surface area contributed by atoms with Crippen molar-refractivity contribution in [2.45, 2.75) is 20.0 Å². The lowest BCUT2D eigenvalue weighted by atomic mass is 10.1. The van der Waals surface area contributed by atoms with Crippen LogP contribution in [0.5, 0.6) is 5.75 Å². The van der Waals surface area contributed by atoms with Gasteiger partial charge in [-0.05, 0) is 31.2 Å². The molecule has 0 unspecified atom stereocenters. The Morgan fingerprint density at radius 2 is 1.17 bits per heavy atom. The minimum atomic E-state index is 0.941. The van der Waals surface area contributed by atoms with E-state index in [0.717, 1.165) is 18.8 Å². The quantitative estimate of drug-likeness (QED) is 0.822. The molecule has 0 saturated carbocycles. The molecule has 2 aromatic rings. The van der Waals surface area contributed by atoms with Gasteiger partial charge in [-0.15, -0.1) is 0 Å². The van der Waals surface area contributed by atoms with Crippen LogP contribution in [0.1, 0.15) is 16.7 Å². The maximum atomic E-state index is 5.23. The molecule has 0 bridgehead atoms. The first-order valence-corrected chi connectivity index (χ1v) is 8.58. The molecule has 0 radical (unpaired) electrons. The van der Waals surface area contributed by atoms with Gasteiger partial charge >= 0.3 is 0 Å². The highest BCUT2D eigenvalue weighted by atomic mass is 16.5. The zero-order chi connectivity index (χ0) is 16.1. The summed E-state index contributed by atoms with van der Waals surface area (Å²) in [7, 11) is 1.72. The number of methoxy groups -OCH3 is 1. The van der Waals surface area contributed by atoms with Crippen LogP contribution in [0.25, 0.3) is 0 Å². The van der Waals surface area contributed by atoms with Crippen molar-refractivity contribution < 1.29 is 14.5 Å². The lowest BCUT2D eigenvalue weighted by Crippen LogP contribution is -3.27. The molecule has 1 heterocycles. The molecule has 0 amide bonds. The van der Waals surface area contributed by atoms with Crippen molar-refractivity contribution in [1.29, 1.82) is 0 Å². The van der Waals surface area contributed by atoms with Crippen LogP contribution < -0.4 is 14.5 Å². The molecule has 122 valence electrons. The number of rotatable bonds is 5. The Morgan fingerprint density at radius 3 is 1.61 bits per heavy atom. The Bertz CT molecular complexity index is 599. The third-order valence-electron chi connectivity index (χ3n) is 4.85. The highest BCUT2D eigenvalue weighted by molar-refractivity contribution is 5.26. The van der Waals surface area contributed by atoms with Crippen molar-refractivity contribution >= 4 is 0 Å². The van der Waals surface area contributed by atoms with Crippen molar-refractivity contribution in [2.75, 3.05) is 33.3 Å². The number of benzene rings is 2. The van der Waals surface area contributed by atoms with Crippen LogP contribution in [0.15, 0.2) is 48.5 Å². The molecule has 0 spiro atoms. The van der Waals surface area contributed by atoms with E-state index in [0.29, 0.717) is 0 Å². The van der Waals surface area contributed by atoms with Gasteiger partial charge in [0.25, 0.3) is 0 Å². The van der Waals surface area contributed by atoms with Crippen LogP contribution in [0.3, 0.4) is 0 Å². The fourth-order valence-corrected chi connectivity index (χ4v) is 3.34. The molecule has 0 atom stereocenters. The Labute approximate surface area is 139 Å². The Kier molecular flexibility index (Phi) is 5.31. The van der Waals surface area contributed by atoms with Gasteiger partial charge in [-0.3, -0.25) is 0 Å². The van der Waals surface area contributed by atoms with Crippen LogP contribution in [0, 0.1) is 6.92 Å². The number of hydrogen-bond donors (Lipinski definition) is 2. The Morgan fingerprint density at radius 1 is 0.739 bits per heavy atom. The van der Waals surface area contributed by atoms with E-state index in [1.165, 1.54) is 42.9 Å². The third-order valence-corrected chi connectivity index (χ3v) is 4.85. The highest BCUT2D eigenvalue weighted by Crippen LogP contribution is 2.10. The van der Waals surface area contributed by atoms with E-state index in [9.17, 15) is 0 Å². The summed E-state index contributed by atoms with van der Waals surface area (Å²) in [6.07, 6.45) is 0. The van der Waals surface area contributed by atoms with Gasteiger partial charge in [-0.25, -0.2) is 0 Å². The van der Waals surface area contributed by atoms with Crippen LogP contribution in [-0.4, -0.2) is 33.3 Å². The van der Waals surface area contributed by atoms with Crippen LogP contribution >= 0.6 is 0 Å². The second-order valence-corrected chi connectivity index (χ2v) is 6.69. The standard InChI is InChI=1S/C20H26N2O/c1-17-3-5-18(6-4-17)15-21-11-13-22(14-12-21)16-19-7-9-20(23-2)10-8-19/h3-10H,11-16H2,1-2H3/p+2. The third kappa shape index (κ3) is 4.57. The van der Waals surface area contributed by atoms with E-state index in [2.05, 4.69) is 55.5 Å². The maximum Gasteiger partial charge on any atom is 0.127 e. The SMILES string of the molecule is COc1ccc(C[NH+]2CC[NH+](Cc3ccc(C)cc3)CC2)cc1. The van der Waals surface area contributed by atoms with Crippen LogP contribution in [0.2, 0.25) is 0 Å². The molecular formula is C20H28N2O+2. The molecule has 3 rings (SSSR count). The first-order valence-electron chi connectivity index (χ1n) is 8.58. The monoisotopic (exact) mass is 312 g/mol. The van der Waals surface area contributed by atoms with E-state index < -0.39 is 0 Å². The zero-order valence-corrected chi connectivity index (χ0v) is 14.3. The Balaban J connectivity index is 1.47. The predicted molar refractivity (Wildman–Crippen MR) is 93.0 cm³/mol. The van der Waals surface area contributed by atoms with Gasteiger partial charge in [-0.2, -0.15) is 0 Å². The molecule has 2 N–H and O–H groups in total. The van der Waals surface area contributed by atoms with E-state index in [-0.39, 0.29) is 0 Å². The van der Waals surface area contributed by atoms with Gasteiger partial charge < -0.3 is 14.5 Å². The number of quaternary nitrogens is 2. The first kappa shape index (κ1) is 16.0. The summed E-state index contributed by atoms with van der Waals surface area (Å²) in [6, 6.07) is 17.5. The first-order chi connectivity index (χ1) is 11.2. The molecule has 0 aromatic heterocycles. The number of piperazine rings is 1. The van der Waals surface area contributed by atoms with Gasteiger partial charge in [0, 0.05) is 11.1 Å². The van der Waals surface area contributed by atoms with E-state index >= 15 is 0 Å². The van der Waals surface area contributed by atoms with Crippen molar-refractivity contribution in [1.82, 2.24) is 0 Å². The fourth-order valence-electron chi connectivity index (χ4n) is 3.34. The zero-order valence-electron chi connectivity index (χ0n) is 14.3. The number of ether oxygens (including phenoxy) is 1. The number of hydrogen-bond acceptors (Lipinski definition) is 1. The normalized spacial score (nSPS) is 21.1. The second-order valence-electron chi connectivity index (χ2n) is 6.69. The largest absolute Gasteiger partial charge is 0.497 e. The van der Waals surface area contributed by atoms with Gasteiger partial charge in [0.05, 0.1) is 7.11 Å². The highest BCUT2D eigenvalue weighted by Gasteiger charge is 2.23. The molecule has 2 aromatic carbocycles. The van der Waals surface area contributed by atoms with Gasteiger partial charge in [0.2, 0.25) is 0 Å². The summed E-state index contributed by atoms with van der Waals surface area (Å²) in [6.45, 7) is 9.48. The maximum absolute atomic E-state index is 5.23. The molecular weight excluding hydrogens is 284 g/mol.